The van der Waals surface area contributed by atoms with Crippen molar-refractivity contribution in [1.29, 1.82) is 0 Å². The Morgan fingerprint density at radius 1 is 1.15 bits per heavy atom. The van der Waals surface area contributed by atoms with Crippen molar-refractivity contribution in [3.05, 3.63) is 65.7 Å². The SMILES string of the molecule is Cc1ccc(N2CCCC(NC(=O)C(C)C(N)c3ccccc3)C2=O)cc1. The highest BCUT2D eigenvalue weighted by Crippen LogP contribution is 2.23. The van der Waals surface area contributed by atoms with E-state index in [0.717, 1.165) is 23.2 Å². The van der Waals surface area contributed by atoms with E-state index < -0.39 is 18.0 Å². The van der Waals surface area contributed by atoms with Gasteiger partial charge in [-0.2, -0.15) is 0 Å². The standard InChI is InChI=1S/C22H27N3O2/c1-15-10-12-18(13-11-15)25-14-6-9-19(22(25)27)24-21(26)16(2)20(23)17-7-4-3-5-8-17/h3-5,7-8,10-13,16,19-20H,6,9,14,23H2,1-2H3,(H,24,26). The van der Waals surface area contributed by atoms with Crippen molar-refractivity contribution in [2.45, 2.75) is 38.8 Å². The van der Waals surface area contributed by atoms with Gasteiger partial charge in [0.25, 0.3) is 0 Å². The lowest BCUT2D eigenvalue weighted by molar-refractivity contribution is -0.130. The number of nitrogens with two attached hydrogens (primary N) is 1. The van der Waals surface area contributed by atoms with E-state index in [1.54, 1.807) is 11.8 Å². The van der Waals surface area contributed by atoms with Gasteiger partial charge in [-0.15, -0.1) is 0 Å². The fraction of sp³-hybridized carbons (Fsp3) is 0.364. The highest BCUT2D eigenvalue weighted by Gasteiger charge is 2.32. The molecule has 27 heavy (non-hydrogen) atoms. The number of hydrogen-bond donors (Lipinski definition) is 2. The Labute approximate surface area is 160 Å². The first-order valence-electron chi connectivity index (χ1n) is 9.46. The smallest absolute Gasteiger partial charge is 0.249 e. The van der Waals surface area contributed by atoms with Crippen LogP contribution >= 0.6 is 0 Å². The second-order valence-corrected chi connectivity index (χ2v) is 7.25. The Kier molecular flexibility index (Phi) is 5.91. The molecule has 3 atom stereocenters. The highest BCUT2D eigenvalue weighted by atomic mass is 16.2. The second kappa shape index (κ2) is 8.35. The molecule has 0 radical (unpaired) electrons. The third-order valence-electron chi connectivity index (χ3n) is 5.24. The number of nitrogens with zero attached hydrogens (tertiary/aromatic N) is 1. The molecule has 5 heteroatoms. The molecule has 2 aromatic rings. The van der Waals surface area contributed by atoms with Crippen molar-refractivity contribution < 1.29 is 9.59 Å². The Morgan fingerprint density at radius 2 is 1.81 bits per heavy atom. The number of benzene rings is 2. The Bertz CT molecular complexity index is 789. The average molecular weight is 365 g/mol. The predicted octanol–water partition coefficient (Wildman–Crippen LogP) is 2.94. The van der Waals surface area contributed by atoms with Gasteiger partial charge in [0, 0.05) is 18.3 Å². The molecular weight excluding hydrogens is 338 g/mol. The van der Waals surface area contributed by atoms with Gasteiger partial charge in [0.15, 0.2) is 0 Å². The second-order valence-electron chi connectivity index (χ2n) is 7.25. The number of hydrogen-bond acceptors (Lipinski definition) is 3. The first-order valence-corrected chi connectivity index (χ1v) is 9.46. The minimum Gasteiger partial charge on any atom is -0.344 e. The molecule has 1 aliphatic rings. The summed E-state index contributed by atoms with van der Waals surface area (Å²) in [5.74, 6) is -0.663. The molecule has 0 aliphatic carbocycles. The monoisotopic (exact) mass is 365 g/mol. The van der Waals surface area contributed by atoms with Crippen LogP contribution in [0.4, 0.5) is 5.69 Å². The van der Waals surface area contributed by atoms with Crippen LogP contribution in [0.25, 0.3) is 0 Å². The normalized spacial score (nSPS) is 19.4. The zero-order chi connectivity index (χ0) is 19.4. The maximum atomic E-state index is 12.9. The number of anilines is 1. The quantitative estimate of drug-likeness (QED) is 0.855. The van der Waals surface area contributed by atoms with Crippen LogP contribution in [0.15, 0.2) is 54.6 Å². The predicted molar refractivity (Wildman–Crippen MR) is 107 cm³/mol. The van der Waals surface area contributed by atoms with E-state index in [9.17, 15) is 9.59 Å². The molecule has 0 bridgehead atoms. The molecule has 0 aromatic heterocycles. The molecule has 2 amide bonds. The molecule has 3 rings (SSSR count). The number of carbonyl (C=O) groups is 2. The summed E-state index contributed by atoms with van der Waals surface area (Å²) in [6, 6.07) is 16.5. The molecule has 1 saturated heterocycles. The molecule has 0 spiro atoms. The molecule has 142 valence electrons. The van der Waals surface area contributed by atoms with E-state index in [1.807, 2.05) is 61.5 Å². The number of rotatable bonds is 5. The molecule has 3 unspecified atom stereocenters. The lowest BCUT2D eigenvalue weighted by Gasteiger charge is -2.33. The van der Waals surface area contributed by atoms with E-state index in [2.05, 4.69) is 5.32 Å². The third kappa shape index (κ3) is 4.37. The Balaban J connectivity index is 1.66. The molecule has 1 fully saturated rings. The maximum Gasteiger partial charge on any atom is 0.249 e. The lowest BCUT2D eigenvalue weighted by Crippen LogP contribution is -2.54. The van der Waals surface area contributed by atoms with Gasteiger partial charge < -0.3 is 16.0 Å². The zero-order valence-electron chi connectivity index (χ0n) is 15.9. The Hall–Kier alpha value is -2.66. The van der Waals surface area contributed by atoms with Crippen LogP contribution in [0.3, 0.4) is 0 Å². The van der Waals surface area contributed by atoms with Crippen LogP contribution in [-0.4, -0.2) is 24.4 Å². The highest BCUT2D eigenvalue weighted by molar-refractivity contribution is 6.00. The van der Waals surface area contributed by atoms with Crippen molar-refractivity contribution in [3.63, 3.8) is 0 Å². The molecule has 1 heterocycles. The molecule has 0 saturated carbocycles. The maximum absolute atomic E-state index is 12.9. The number of carbonyl (C=O) groups excluding carboxylic acids is 2. The average Bonchev–Trinajstić information content (AvgIpc) is 2.70. The minimum absolute atomic E-state index is 0.0565. The summed E-state index contributed by atoms with van der Waals surface area (Å²) in [6.45, 7) is 4.49. The molecule has 3 N–H and O–H groups in total. The topological polar surface area (TPSA) is 75.4 Å². The van der Waals surface area contributed by atoms with Crippen LogP contribution in [0.2, 0.25) is 0 Å². The van der Waals surface area contributed by atoms with E-state index >= 15 is 0 Å². The van der Waals surface area contributed by atoms with Gasteiger partial charge in [0.05, 0.1) is 5.92 Å². The first kappa shape index (κ1) is 19.1. The number of nitrogens with one attached hydrogen (secondary N) is 1. The first-order chi connectivity index (χ1) is 13.0. The van der Waals surface area contributed by atoms with Gasteiger partial charge in [-0.05, 0) is 37.5 Å². The van der Waals surface area contributed by atoms with Gasteiger partial charge >= 0.3 is 0 Å². The summed E-state index contributed by atoms with van der Waals surface area (Å²) in [5.41, 5.74) is 9.19. The van der Waals surface area contributed by atoms with Crippen molar-refractivity contribution in [1.82, 2.24) is 5.32 Å². The molecule has 5 nitrogen and oxygen atoms in total. The van der Waals surface area contributed by atoms with Crippen LogP contribution in [0, 0.1) is 12.8 Å². The molecule has 2 aromatic carbocycles. The third-order valence-corrected chi connectivity index (χ3v) is 5.24. The van der Waals surface area contributed by atoms with Crippen molar-refractivity contribution in [2.75, 3.05) is 11.4 Å². The number of piperidine rings is 1. The van der Waals surface area contributed by atoms with Gasteiger partial charge in [0.2, 0.25) is 11.8 Å². The van der Waals surface area contributed by atoms with Gasteiger partial charge in [-0.25, -0.2) is 0 Å². The van der Waals surface area contributed by atoms with E-state index in [1.165, 1.54) is 0 Å². The largest absolute Gasteiger partial charge is 0.344 e. The number of aryl methyl sites for hydroxylation is 1. The van der Waals surface area contributed by atoms with Crippen LogP contribution in [0.5, 0.6) is 0 Å². The van der Waals surface area contributed by atoms with Crippen molar-refractivity contribution in [3.8, 4) is 0 Å². The summed E-state index contributed by atoms with van der Waals surface area (Å²) >= 11 is 0. The summed E-state index contributed by atoms with van der Waals surface area (Å²) in [6.07, 6.45) is 1.50. The van der Waals surface area contributed by atoms with Crippen molar-refractivity contribution >= 4 is 17.5 Å². The summed E-state index contributed by atoms with van der Waals surface area (Å²) < 4.78 is 0. The van der Waals surface area contributed by atoms with E-state index in [4.69, 9.17) is 5.73 Å². The van der Waals surface area contributed by atoms with Crippen LogP contribution in [-0.2, 0) is 9.59 Å². The summed E-state index contributed by atoms with van der Waals surface area (Å²) in [7, 11) is 0. The fourth-order valence-electron chi connectivity index (χ4n) is 3.42. The van der Waals surface area contributed by atoms with Gasteiger partial charge in [-0.1, -0.05) is 55.0 Å². The van der Waals surface area contributed by atoms with Crippen LogP contribution < -0.4 is 16.0 Å². The Morgan fingerprint density at radius 3 is 2.48 bits per heavy atom. The zero-order valence-corrected chi connectivity index (χ0v) is 15.9. The van der Waals surface area contributed by atoms with E-state index in [0.29, 0.717) is 13.0 Å². The minimum atomic E-state index is -0.502. The molecule has 1 aliphatic heterocycles. The summed E-state index contributed by atoms with van der Waals surface area (Å²) in [5, 5.41) is 2.92. The van der Waals surface area contributed by atoms with Gasteiger partial charge in [-0.3, -0.25) is 9.59 Å². The number of amides is 2. The van der Waals surface area contributed by atoms with Gasteiger partial charge in [0.1, 0.15) is 6.04 Å². The van der Waals surface area contributed by atoms with E-state index in [-0.39, 0.29) is 11.8 Å². The fourth-order valence-corrected chi connectivity index (χ4v) is 3.42. The lowest BCUT2D eigenvalue weighted by atomic mass is 9.94. The molecular formula is C22H27N3O2. The van der Waals surface area contributed by atoms with Crippen LogP contribution in [0.1, 0.15) is 36.9 Å². The summed E-state index contributed by atoms with van der Waals surface area (Å²) in [4.78, 5) is 27.3. The van der Waals surface area contributed by atoms with Crippen molar-refractivity contribution in [2.24, 2.45) is 11.7 Å².